The molecule has 0 radical (unpaired) electrons. The Balaban J connectivity index is 2.59. The van der Waals surface area contributed by atoms with Crippen molar-refractivity contribution in [2.45, 2.75) is 0 Å². The van der Waals surface area contributed by atoms with Gasteiger partial charge in [0.2, 0.25) is 0 Å². The topological polar surface area (TPSA) is 58.4 Å². The molecule has 4 heteroatoms. The van der Waals surface area contributed by atoms with E-state index in [-0.39, 0.29) is 6.03 Å². The van der Waals surface area contributed by atoms with Crippen LogP contribution in [0.2, 0.25) is 0 Å². The van der Waals surface area contributed by atoms with Crippen LogP contribution in [-0.2, 0) is 0 Å². The van der Waals surface area contributed by atoms with Crippen molar-refractivity contribution < 1.29 is 4.79 Å². The summed E-state index contributed by atoms with van der Waals surface area (Å²) in [6, 6.07) is 8.81. The number of amides is 2. The summed E-state index contributed by atoms with van der Waals surface area (Å²) in [7, 11) is 1.48. The lowest BCUT2D eigenvalue weighted by atomic mass is 10.3. The lowest BCUT2D eigenvalue weighted by Gasteiger charge is -2.10. The van der Waals surface area contributed by atoms with Gasteiger partial charge in [-0.05, 0) is 12.1 Å². The quantitative estimate of drug-likeness (QED) is 0.371. The molecule has 0 saturated heterocycles. The fourth-order valence-corrected chi connectivity index (χ4v) is 0.733. The summed E-state index contributed by atoms with van der Waals surface area (Å²) in [6.07, 6.45) is 0. The molecule has 0 spiro atoms. The second-order valence-corrected chi connectivity index (χ2v) is 2.41. The monoisotopic (exact) mass is 165 g/mol. The Bertz CT molecular complexity index is 258. The molecule has 0 aromatic heterocycles. The van der Waals surface area contributed by atoms with Gasteiger partial charge in [-0.15, -0.1) is 0 Å². The number of anilines is 1. The Hall–Kier alpha value is -1.55. The van der Waals surface area contributed by atoms with Gasteiger partial charge in [0, 0.05) is 12.7 Å². The molecule has 0 unspecified atom stereocenters. The second kappa shape index (κ2) is 3.73. The molecule has 0 bridgehead atoms. The van der Waals surface area contributed by atoms with Crippen LogP contribution >= 0.6 is 0 Å². The Morgan fingerprint density at radius 2 is 2.00 bits per heavy atom. The largest absolute Gasteiger partial charge is 0.335 e. The molecule has 2 amide bonds. The van der Waals surface area contributed by atoms with Crippen molar-refractivity contribution >= 4 is 11.7 Å². The number of para-hydroxylation sites is 1. The zero-order chi connectivity index (χ0) is 8.97. The predicted octanol–water partition coefficient (Wildman–Crippen LogP) is 1.02. The van der Waals surface area contributed by atoms with Gasteiger partial charge in [0.05, 0.1) is 0 Å². The fraction of sp³-hybridized carbons (Fsp3) is 0.125. The molecule has 0 aliphatic heterocycles. The Morgan fingerprint density at radius 1 is 1.42 bits per heavy atom. The molecular formula is C8H11N3O. The van der Waals surface area contributed by atoms with Crippen LogP contribution < -0.4 is 11.2 Å². The summed E-state index contributed by atoms with van der Waals surface area (Å²) in [6.45, 7) is 0. The molecule has 0 saturated carbocycles. The van der Waals surface area contributed by atoms with Crippen molar-refractivity contribution in [3.8, 4) is 0 Å². The third-order valence-electron chi connectivity index (χ3n) is 1.35. The number of hydrogen-bond acceptors (Lipinski definition) is 2. The standard InChI is InChI=1S/C8H11N3O/c1-11(9)8(12)10-7-5-3-2-4-6-7/h2-6H,9H2,1H3,(H,10,12). The van der Waals surface area contributed by atoms with Crippen LogP contribution in [0.5, 0.6) is 0 Å². The molecule has 3 N–H and O–H groups in total. The van der Waals surface area contributed by atoms with E-state index in [0.29, 0.717) is 0 Å². The molecule has 0 aliphatic rings. The van der Waals surface area contributed by atoms with E-state index in [4.69, 9.17) is 5.84 Å². The van der Waals surface area contributed by atoms with E-state index in [2.05, 4.69) is 5.32 Å². The SMILES string of the molecule is CN(N)C(=O)Nc1ccccc1. The summed E-state index contributed by atoms with van der Waals surface area (Å²) in [5.41, 5.74) is 0.736. The van der Waals surface area contributed by atoms with Crippen molar-refractivity contribution in [2.75, 3.05) is 12.4 Å². The first-order valence-electron chi connectivity index (χ1n) is 3.54. The molecule has 4 nitrogen and oxygen atoms in total. The van der Waals surface area contributed by atoms with Gasteiger partial charge in [0.25, 0.3) is 0 Å². The smallest absolute Gasteiger partial charge is 0.307 e. The zero-order valence-electron chi connectivity index (χ0n) is 6.82. The van der Waals surface area contributed by atoms with Gasteiger partial charge in [-0.2, -0.15) is 0 Å². The van der Waals surface area contributed by atoms with Crippen LogP contribution in [0, 0.1) is 0 Å². The highest BCUT2D eigenvalue weighted by atomic mass is 16.2. The summed E-state index contributed by atoms with van der Waals surface area (Å²) < 4.78 is 0. The van der Waals surface area contributed by atoms with E-state index < -0.39 is 0 Å². The molecule has 1 aromatic rings. The van der Waals surface area contributed by atoms with Gasteiger partial charge in [-0.3, -0.25) is 5.01 Å². The minimum absolute atomic E-state index is 0.332. The van der Waals surface area contributed by atoms with E-state index in [1.807, 2.05) is 18.2 Å². The number of hydrazine groups is 1. The van der Waals surface area contributed by atoms with Crippen LogP contribution in [0.25, 0.3) is 0 Å². The van der Waals surface area contributed by atoms with Crippen molar-refractivity contribution in [3.05, 3.63) is 30.3 Å². The van der Waals surface area contributed by atoms with E-state index in [1.54, 1.807) is 12.1 Å². The van der Waals surface area contributed by atoms with E-state index in [1.165, 1.54) is 7.05 Å². The van der Waals surface area contributed by atoms with Gasteiger partial charge in [0.15, 0.2) is 0 Å². The number of nitrogens with one attached hydrogen (secondary N) is 1. The fourth-order valence-electron chi connectivity index (χ4n) is 0.733. The molecule has 1 rings (SSSR count). The lowest BCUT2D eigenvalue weighted by Crippen LogP contribution is -2.36. The van der Waals surface area contributed by atoms with Crippen molar-refractivity contribution in [3.63, 3.8) is 0 Å². The highest BCUT2D eigenvalue weighted by Crippen LogP contribution is 2.04. The van der Waals surface area contributed by atoms with Gasteiger partial charge < -0.3 is 5.32 Å². The van der Waals surface area contributed by atoms with E-state index in [0.717, 1.165) is 10.7 Å². The predicted molar refractivity (Wildman–Crippen MR) is 47.4 cm³/mol. The van der Waals surface area contributed by atoms with Crippen LogP contribution in [0.3, 0.4) is 0 Å². The Kier molecular flexibility index (Phi) is 2.66. The first kappa shape index (κ1) is 8.55. The maximum absolute atomic E-state index is 11.0. The number of carbonyl (C=O) groups is 1. The van der Waals surface area contributed by atoms with Crippen molar-refractivity contribution in [1.29, 1.82) is 0 Å². The lowest BCUT2D eigenvalue weighted by molar-refractivity contribution is 0.223. The van der Waals surface area contributed by atoms with E-state index >= 15 is 0 Å². The highest BCUT2D eigenvalue weighted by molar-refractivity contribution is 5.88. The number of benzene rings is 1. The minimum Gasteiger partial charge on any atom is -0.307 e. The highest BCUT2D eigenvalue weighted by Gasteiger charge is 2.02. The van der Waals surface area contributed by atoms with Gasteiger partial charge in [-0.1, -0.05) is 18.2 Å². The molecule has 0 heterocycles. The van der Waals surface area contributed by atoms with E-state index in [9.17, 15) is 4.79 Å². The number of nitrogens with two attached hydrogens (primary N) is 1. The average Bonchev–Trinajstić information content (AvgIpc) is 2.06. The van der Waals surface area contributed by atoms with Crippen LogP contribution in [0.4, 0.5) is 10.5 Å². The molecule has 1 aromatic carbocycles. The van der Waals surface area contributed by atoms with Gasteiger partial charge >= 0.3 is 6.03 Å². The average molecular weight is 165 g/mol. The summed E-state index contributed by atoms with van der Waals surface area (Å²) in [5.74, 6) is 5.21. The Labute approximate surface area is 70.9 Å². The van der Waals surface area contributed by atoms with Crippen molar-refractivity contribution in [2.24, 2.45) is 5.84 Å². The molecule has 64 valence electrons. The zero-order valence-corrected chi connectivity index (χ0v) is 6.82. The molecule has 0 fully saturated rings. The maximum Gasteiger partial charge on any atom is 0.335 e. The number of rotatable bonds is 1. The third kappa shape index (κ3) is 2.25. The first-order valence-corrected chi connectivity index (χ1v) is 3.54. The van der Waals surface area contributed by atoms with Crippen LogP contribution in [-0.4, -0.2) is 18.1 Å². The number of hydrogen-bond donors (Lipinski definition) is 2. The number of urea groups is 1. The normalized spacial score (nSPS) is 9.17. The summed E-state index contributed by atoms with van der Waals surface area (Å²) in [4.78, 5) is 11.0. The number of carbonyl (C=O) groups excluding carboxylic acids is 1. The molecule has 0 aliphatic carbocycles. The number of nitrogens with zero attached hydrogens (tertiary/aromatic N) is 1. The maximum atomic E-state index is 11.0. The van der Waals surface area contributed by atoms with Gasteiger partial charge in [0.1, 0.15) is 0 Å². The third-order valence-corrected chi connectivity index (χ3v) is 1.35. The molecule has 12 heavy (non-hydrogen) atoms. The van der Waals surface area contributed by atoms with Gasteiger partial charge in [-0.25, -0.2) is 10.6 Å². The van der Waals surface area contributed by atoms with Crippen LogP contribution in [0.1, 0.15) is 0 Å². The summed E-state index contributed by atoms with van der Waals surface area (Å²) >= 11 is 0. The first-order chi connectivity index (χ1) is 5.70. The minimum atomic E-state index is -0.332. The van der Waals surface area contributed by atoms with Crippen LogP contribution in [0.15, 0.2) is 30.3 Å². The Morgan fingerprint density at radius 3 is 2.50 bits per heavy atom. The summed E-state index contributed by atoms with van der Waals surface area (Å²) in [5, 5.41) is 3.60. The molecule has 0 atom stereocenters. The second-order valence-electron chi connectivity index (χ2n) is 2.41. The van der Waals surface area contributed by atoms with Crippen molar-refractivity contribution in [1.82, 2.24) is 5.01 Å². The molecular weight excluding hydrogens is 154 g/mol.